The van der Waals surface area contributed by atoms with Gasteiger partial charge in [0.15, 0.2) is 0 Å². The van der Waals surface area contributed by atoms with Gasteiger partial charge in [-0.25, -0.2) is 0 Å². The molecule has 0 unspecified atom stereocenters. The molecule has 0 saturated carbocycles. The van der Waals surface area contributed by atoms with E-state index in [1.807, 2.05) is 0 Å². The fourth-order valence-electron chi connectivity index (χ4n) is 0. The lowest BCUT2D eigenvalue weighted by atomic mass is 10.6. The fraction of sp³-hybridized carbons (Fsp3) is 1.00. The van der Waals surface area contributed by atoms with Crippen molar-refractivity contribution >= 4 is 0 Å². The van der Waals surface area contributed by atoms with Crippen LogP contribution in [0.1, 0.15) is 68.2 Å². The average molecular weight is 148 g/mol. The molecule has 0 aromatic rings. The molecule has 0 radical (unpaired) electrons. The normalized spacial score (nSPS) is 5.40. The van der Waals surface area contributed by atoms with Crippen LogP contribution in [0, 0.1) is 0 Å². The maximum absolute atomic E-state index is 2.12. The van der Waals surface area contributed by atoms with E-state index in [1.165, 1.54) is 19.3 Å². The minimum Gasteiger partial charge on any atom is -0.0776 e. The molecular weight excluding hydrogens is 120 g/mol. The monoisotopic (exact) mass is 148 g/mol. The van der Waals surface area contributed by atoms with E-state index in [1.54, 1.807) is 0 Å². The summed E-state index contributed by atoms with van der Waals surface area (Å²) >= 11 is 0. The molecule has 0 N–H and O–H groups in total. The van der Waals surface area contributed by atoms with Crippen LogP contribution in [0.4, 0.5) is 0 Å². The third-order valence-corrected chi connectivity index (χ3v) is 0. The smallest absolute Gasteiger partial charge is 0.0590 e. The Labute approximate surface area is 69.0 Å². The van der Waals surface area contributed by atoms with Crippen LogP contribution in [0.5, 0.6) is 0 Å². The summed E-state index contributed by atoms with van der Waals surface area (Å²) < 4.78 is 0. The lowest BCUT2D eigenvalue weighted by molar-refractivity contribution is 1.09. The van der Waals surface area contributed by atoms with Crippen molar-refractivity contribution in [2.75, 3.05) is 0 Å². The molecule has 0 aliphatic rings. The minimum atomic E-state index is 0. The van der Waals surface area contributed by atoms with Crippen molar-refractivity contribution in [3.05, 3.63) is 0 Å². The van der Waals surface area contributed by atoms with Gasteiger partial charge in [0.05, 0.1) is 0 Å². The van der Waals surface area contributed by atoms with Crippen molar-refractivity contribution in [1.29, 1.82) is 0 Å². The summed E-state index contributed by atoms with van der Waals surface area (Å²) in [5, 5.41) is 0. The van der Waals surface area contributed by atoms with Crippen LogP contribution >= 0.6 is 0 Å². The Hall–Kier alpha value is 0. The first-order valence-electron chi connectivity index (χ1n) is 4.24. The Morgan fingerprint density at radius 3 is 0.500 bits per heavy atom. The summed E-state index contributed by atoms with van der Waals surface area (Å²) in [6.45, 7) is 12.8. The Bertz CT molecular complexity index is 4.75. The van der Waals surface area contributed by atoms with E-state index in [4.69, 9.17) is 0 Å². The number of rotatable bonds is 0. The van der Waals surface area contributed by atoms with Gasteiger partial charge in [0, 0.05) is 0 Å². The lowest BCUT2D eigenvalue weighted by Gasteiger charge is -1.48. The van der Waals surface area contributed by atoms with Crippen LogP contribution in [0.25, 0.3) is 0 Å². The summed E-state index contributed by atoms with van der Waals surface area (Å²) in [7, 11) is 0. The van der Waals surface area contributed by atoms with Crippen LogP contribution in [-0.4, -0.2) is 0 Å². The molecule has 0 rings (SSSR count). The van der Waals surface area contributed by atoms with E-state index >= 15 is 0 Å². The molecule has 10 heavy (non-hydrogen) atoms. The highest BCUT2D eigenvalue weighted by atomic mass is 13.4. The molecule has 68 valence electrons. The van der Waals surface area contributed by atoms with Gasteiger partial charge in [0.2, 0.25) is 0 Å². The zero-order chi connectivity index (χ0) is 8.12. The summed E-state index contributed by atoms with van der Waals surface area (Å²) in [5.74, 6) is 0. The molecule has 0 heteroatoms. The molecule has 0 amide bonds. The summed E-state index contributed by atoms with van der Waals surface area (Å²) in [4.78, 5) is 0. The molecule has 0 aromatic heterocycles. The molecule has 0 aromatic carbocycles. The highest BCUT2D eigenvalue weighted by molar-refractivity contribution is 3.92. The molecule has 0 nitrogen and oxygen atoms in total. The fourth-order valence-corrected chi connectivity index (χ4v) is 0. The second kappa shape index (κ2) is 64.0. The highest BCUT2D eigenvalue weighted by Crippen LogP contribution is 1.56. The molecular formula is C10H28. The van der Waals surface area contributed by atoms with Gasteiger partial charge < -0.3 is 0 Å². The summed E-state index contributed by atoms with van der Waals surface area (Å²) in [6.07, 6.45) is 3.75. The van der Waals surface area contributed by atoms with E-state index in [2.05, 4.69) is 41.5 Å². The predicted molar refractivity (Wildman–Crippen MR) is 54.6 cm³/mol. The van der Waals surface area contributed by atoms with Gasteiger partial charge in [-0.15, -0.1) is 0 Å². The zero-order valence-electron chi connectivity index (χ0n) is 8.12. The van der Waals surface area contributed by atoms with E-state index in [0.29, 0.717) is 0 Å². The summed E-state index contributed by atoms with van der Waals surface area (Å²) in [6, 6.07) is 0. The van der Waals surface area contributed by atoms with Crippen molar-refractivity contribution in [3.8, 4) is 0 Å². The van der Waals surface area contributed by atoms with Gasteiger partial charge in [0.1, 0.15) is 0 Å². The van der Waals surface area contributed by atoms with Crippen molar-refractivity contribution in [1.82, 2.24) is 0 Å². The van der Waals surface area contributed by atoms with Crippen molar-refractivity contribution in [2.45, 2.75) is 68.2 Å². The maximum atomic E-state index is 2.12. The topological polar surface area (TPSA) is 0 Å². The SMILES string of the molecule is C.CCC.CCC.CCC. The van der Waals surface area contributed by atoms with Crippen LogP contribution in [0.3, 0.4) is 0 Å². The van der Waals surface area contributed by atoms with Crippen LogP contribution in [0.15, 0.2) is 0 Å². The van der Waals surface area contributed by atoms with Gasteiger partial charge in [-0.2, -0.15) is 0 Å². The largest absolute Gasteiger partial charge is 0.0776 e. The Balaban J connectivity index is -0.0000000257. The van der Waals surface area contributed by atoms with Crippen molar-refractivity contribution in [2.24, 2.45) is 0 Å². The Morgan fingerprint density at radius 1 is 0.500 bits per heavy atom. The quantitative estimate of drug-likeness (QED) is 0.459. The minimum absolute atomic E-state index is 0. The Kier molecular flexibility index (Phi) is 144. The van der Waals surface area contributed by atoms with Gasteiger partial charge in [-0.3, -0.25) is 0 Å². The third-order valence-electron chi connectivity index (χ3n) is 0. The standard InChI is InChI=1S/3C3H8.CH4/c3*1-3-2;/h3*3H2,1-2H3;1H4. The lowest BCUT2D eigenvalue weighted by Crippen LogP contribution is -1.27. The molecule has 0 aliphatic carbocycles. The molecule has 0 atom stereocenters. The molecule has 0 bridgehead atoms. The third kappa shape index (κ3) is 0. The van der Waals surface area contributed by atoms with Gasteiger partial charge in [-0.05, 0) is 0 Å². The first kappa shape index (κ1) is 22.5. The van der Waals surface area contributed by atoms with Gasteiger partial charge >= 0.3 is 0 Å². The first-order chi connectivity index (χ1) is 4.24. The first-order valence-corrected chi connectivity index (χ1v) is 4.24. The molecule has 0 fully saturated rings. The number of hydrogen-bond acceptors (Lipinski definition) is 0. The Morgan fingerprint density at radius 2 is 0.500 bits per heavy atom. The number of hydrogen-bond donors (Lipinski definition) is 0. The van der Waals surface area contributed by atoms with E-state index in [0.717, 1.165) is 0 Å². The second-order valence-electron chi connectivity index (χ2n) is 2.12. The zero-order valence-corrected chi connectivity index (χ0v) is 8.12. The van der Waals surface area contributed by atoms with Crippen molar-refractivity contribution < 1.29 is 0 Å². The predicted octanol–water partition coefficient (Wildman–Crippen LogP) is 4.89. The molecule has 0 aliphatic heterocycles. The maximum Gasteiger partial charge on any atom is -0.0590 e. The van der Waals surface area contributed by atoms with Crippen LogP contribution in [-0.2, 0) is 0 Å². The molecule has 0 heterocycles. The van der Waals surface area contributed by atoms with E-state index in [9.17, 15) is 0 Å². The average Bonchev–Trinajstić information content (AvgIpc) is 1.70. The van der Waals surface area contributed by atoms with Gasteiger partial charge in [0.25, 0.3) is 0 Å². The van der Waals surface area contributed by atoms with Gasteiger partial charge in [-0.1, -0.05) is 68.2 Å². The van der Waals surface area contributed by atoms with E-state index < -0.39 is 0 Å². The molecule has 0 saturated heterocycles. The van der Waals surface area contributed by atoms with Crippen LogP contribution < -0.4 is 0 Å². The van der Waals surface area contributed by atoms with E-state index in [-0.39, 0.29) is 7.43 Å². The second-order valence-corrected chi connectivity index (χ2v) is 2.12. The van der Waals surface area contributed by atoms with Crippen molar-refractivity contribution in [3.63, 3.8) is 0 Å². The van der Waals surface area contributed by atoms with Crippen LogP contribution in [0.2, 0.25) is 0 Å². The highest BCUT2D eigenvalue weighted by Gasteiger charge is 1.36. The summed E-state index contributed by atoms with van der Waals surface area (Å²) in [5.41, 5.74) is 0. The molecule has 0 spiro atoms.